The van der Waals surface area contributed by atoms with Gasteiger partial charge in [0.05, 0.1) is 24.2 Å². The van der Waals surface area contributed by atoms with Gasteiger partial charge >= 0.3 is 6.09 Å². The molecule has 2 aromatic rings. The molecule has 0 unspecified atom stereocenters. The number of amides is 1. The number of hydrogen-bond donors (Lipinski definition) is 2. The first-order valence-electron chi connectivity index (χ1n) is 11.7. The number of ether oxygens (including phenoxy) is 2. The fraction of sp³-hybridized carbons (Fsp3) is 0.500. The molecular weight excluding hydrogens is 468 g/mol. The zero-order chi connectivity index (χ0) is 26.2. The normalized spacial score (nSPS) is 14.0. The average Bonchev–Trinajstić information content (AvgIpc) is 2.77. The van der Waals surface area contributed by atoms with E-state index in [2.05, 4.69) is 5.32 Å². The van der Waals surface area contributed by atoms with Gasteiger partial charge in [-0.25, -0.2) is 13.2 Å². The van der Waals surface area contributed by atoms with Crippen LogP contribution in [-0.2, 0) is 21.2 Å². The summed E-state index contributed by atoms with van der Waals surface area (Å²) >= 11 is 0. The number of nitrogens with zero attached hydrogens (tertiary/aromatic N) is 1. The van der Waals surface area contributed by atoms with Crippen LogP contribution in [0.2, 0.25) is 0 Å². The lowest BCUT2D eigenvalue weighted by atomic mass is 10.0. The van der Waals surface area contributed by atoms with Crippen LogP contribution < -0.4 is 10.1 Å². The summed E-state index contributed by atoms with van der Waals surface area (Å²) in [5, 5.41) is 13.9. The van der Waals surface area contributed by atoms with Crippen LogP contribution in [0.15, 0.2) is 59.5 Å². The molecule has 0 aliphatic heterocycles. The third-order valence-electron chi connectivity index (χ3n) is 5.12. The predicted octanol–water partition coefficient (Wildman–Crippen LogP) is 3.84. The SMILES string of the molecule is COc1ccc(S(=O)(=O)N(CC(C)C)C[C@@H](O)[C@H](Cc2ccccc2)NC(=O)OC(C)(C)C)cc1. The van der Waals surface area contributed by atoms with E-state index in [1.54, 1.807) is 32.9 Å². The molecule has 0 saturated carbocycles. The topological polar surface area (TPSA) is 105 Å². The van der Waals surface area contributed by atoms with Crippen LogP contribution in [0.3, 0.4) is 0 Å². The van der Waals surface area contributed by atoms with E-state index in [0.717, 1.165) is 5.56 Å². The lowest BCUT2D eigenvalue weighted by molar-refractivity contribution is 0.0400. The Hall–Kier alpha value is -2.62. The molecule has 2 aromatic carbocycles. The Morgan fingerprint density at radius 3 is 2.14 bits per heavy atom. The zero-order valence-electron chi connectivity index (χ0n) is 21.4. The van der Waals surface area contributed by atoms with E-state index >= 15 is 0 Å². The molecule has 0 saturated heterocycles. The van der Waals surface area contributed by atoms with Gasteiger partial charge in [-0.2, -0.15) is 4.31 Å². The van der Waals surface area contributed by atoms with Gasteiger partial charge in [-0.15, -0.1) is 0 Å². The van der Waals surface area contributed by atoms with Crippen molar-refractivity contribution < 1.29 is 27.8 Å². The van der Waals surface area contributed by atoms with E-state index in [4.69, 9.17) is 9.47 Å². The second-order valence-corrected chi connectivity index (χ2v) is 11.8. The van der Waals surface area contributed by atoms with Gasteiger partial charge in [-0.05, 0) is 62.9 Å². The fourth-order valence-electron chi connectivity index (χ4n) is 3.52. The molecule has 2 N–H and O–H groups in total. The number of rotatable bonds is 11. The summed E-state index contributed by atoms with van der Waals surface area (Å²) < 4.78 is 38.7. The van der Waals surface area contributed by atoms with Crippen LogP contribution in [0.1, 0.15) is 40.2 Å². The van der Waals surface area contributed by atoms with Crippen LogP contribution >= 0.6 is 0 Å². The monoisotopic (exact) mass is 506 g/mol. The van der Waals surface area contributed by atoms with Crippen molar-refractivity contribution in [2.45, 2.75) is 63.7 Å². The number of benzene rings is 2. The molecule has 0 fully saturated rings. The summed E-state index contributed by atoms with van der Waals surface area (Å²) in [4.78, 5) is 12.6. The van der Waals surface area contributed by atoms with Gasteiger partial charge in [0.1, 0.15) is 11.4 Å². The molecule has 194 valence electrons. The van der Waals surface area contributed by atoms with E-state index in [1.165, 1.54) is 23.5 Å². The molecule has 0 aliphatic rings. The molecule has 0 heterocycles. The van der Waals surface area contributed by atoms with E-state index in [0.29, 0.717) is 12.2 Å². The van der Waals surface area contributed by atoms with E-state index in [1.807, 2.05) is 44.2 Å². The Kier molecular flexibility index (Phi) is 10.1. The van der Waals surface area contributed by atoms with Crippen molar-refractivity contribution in [1.29, 1.82) is 0 Å². The van der Waals surface area contributed by atoms with Gasteiger partial charge in [0.2, 0.25) is 10.0 Å². The van der Waals surface area contributed by atoms with Gasteiger partial charge in [0, 0.05) is 13.1 Å². The number of methoxy groups -OCH3 is 1. The van der Waals surface area contributed by atoms with E-state index < -0.39 is 33.9 Å². The highest BCUT2D eigenvalue weighted by Crippen LogP contribution is 2.22. The Morgan fingerprint density at radius 1 is 1.03 bits per heavy atom. The first kappa shape index (κ1) is 28.6. The predicted molar refractivity (Wildman–Crippen MR) is 136 cm³/mol. The highest BCUT2D eigenvalue weighted by Gasteiger charge is 2.32. The highest BCUT2D eigenvalue weighted by atomic mass is 32.2. The summed E-state index contributed by atoms with van der Waals surface area (Å²) in [5.74, 6) is 0.561. The molecular formula is C26H38N2O6S. The second-order valence-electron chi connectivity index (χ2n) is 9.90. The van der Waals surface area contributed by atoms with Crippen molar-refractivity contribution >= 4 is 16.1 Å². The maximum Gasteiger partial charge on any atom is 0.407 e. The van der Waals surface area contributed by atoms with Crippen LogP contribution in [0.4, 0.5) is 4.79 Å². The Labute approximate surface area is 209 Å². The number of carbonyl (C=O) groups excluding carboxylic acids is 1. The van der Waals surface area contributed by atoms with Crippen molar-refractivity contribution in [3.8, 4) is 5.75 Å². The van der Waals surface area contributed by atoms with Gasteiger partial charge in [0.25, 0.3) is 0 Å². The molecule has 2 rings (SSSR count). The number of aliphatic hydroxyl groups is 1. The lowest BCUT2D eigenvalue weighted by Gasteiger charge is -2.31. The first-order chi connectivity index (χ1) is 16.3. The molecule has 0 aromatic heterocycles. The first-order valence-corrected chi connectivity index (χ1v) is 13.1. The molecule has 0 spiro atoms. The third kappa shape index (κ3) is 9.16. The second kappa shape index (κ2) is 12.4. The Morgan fingerprint density at radius 2 is 1.63 bits per heavy atom. The fourth-order valence-corrected chi connectivity index (χ4v) is 5.14. The molecule has 0 bridgehead atoms. The molecule has 2 atom stereocenters. The van der Waals surface area contributed by atoms with Crippen LogP contribution in [-0.4, -0.2) is 61.9 Å². The number of aliphatic hydroxyl groups excluding tert-OH is 1. The standard InChI is InChI=1S/C26H38N2O6S/c1-19(2)17-28(35(31,32)22-14-12-21(33-6)13-15-22)18-24(29)23(16-20-10-8-7-9-11-20)27-25(30)34-26(3,4)5/h7-15,19,23-24,29H,16-18H2,1-6H3,(H,27,30)/t23-,24+/m0/s1. The summed E-state index contributed by atoms with van der Waals surface area (Å²) in [7, 11) is -2.40. The van der Waals surface area contributed by atoms with Crippen molar-refractivity contribution in [2.75, 3.05) is 20.2 Å². The minimum Gasteiger partial charge on any atom is -0.497 e. The molecule has 35 heavy (non-hydrogen) atoms. The van der Waals surface area contributed by atoms with Gasteiger partial charge in [-0.1, -0.05) is 44.2 Å². The highest BCUT2D eigenvalue weighted by molar-refractivity contribution is 7.89. The number of alkyl carbamates (subject to hydrolysis) is 1. The number of hydrogen-bond acceptors (Lipinski definition) is 6. The van der Waals surface area contributed by atoms with Gasteiger partial charge < -0.3 is 19.9 Å². The summed E-state index contributed by atoms with van der Waals surface area (Å²) in [5.41, 5.74) is 0.175. The zero-order valence-corrected chi connectivity index (χ0v) is 22.2. The van der Waals surface area contributed by atoms with Crippen LogP contribution in [0, 0.1) is 5.92 Å². The average molecular weight is 507 g/mol. The lowest BCUT2D eigenvalue weighted by Crippen LogP contribution is -2.51. The van der Waals surface area contributed by atoms with Gasteiger partial charge in [-0.3, -0.25) is 0 Å². The number of nitrogens with one attached hydrogen (secondary N) is 1. The maximum absolute atomic E-state index is 13.5. The smallest absolute Gasteiger partial charge is 0.407 e. The Bertz CT molecular complexity index is 1030. The summed E-state index contributed by atoms with van der Waals surface area (Å²) in [6, 6.07) is 14.7. The Balaban J connectivity index is 2.31. The number of sulfonamides is 1. The van der Waals surface area contributed by atoms with Crippen molar-refractivity contribution in [3.05, 3.63) is 60.2 Å². The van der Waals surface area contributed by atoms with E-state index in [-0.39, 0.29) is 23.9 Å². The maximum atomic E-state index is 13.5. The van der Waals surface area contributed by atoms with Crippen molar-refractivity contribution in [3.63, 3.8) is 0 Å². The quantitative estimate of drug-likeness (QED) is 0.480. The minimum absolute atomic E-state index is 0.0154. The van der Waals surface area contributed by atoms with Crippen LogP contribution in [0.25, 0.3) is 0 Å². The summed E-state index contributed by atoms with van der Waals surface area (Å²) in [6.45, 7) is 9.07. The summed E-state index contributed by atoms with van der Waals surface area (Å²) in [6.07, 6.45) is -1.56. The molecule has 8 nitrogen and oxygen atoms in total. The van der Waals surface area contributed by atoms with Crippen molar-refractivity contribution in [2.24, 2.45) is 5.92 Å². The number of carbonyl (C=O) groups is 1. The molecule has 0 aliphatic carbocycles. The van der Waals surface area contributed by atoms with Crippen molar-refractivity contribution in [1.82, 2.24) is 9.62 Å². The largest absolute Gasteiger partial charge is 0.497 e. The molecule has 1 amide bonds. The third-order valence-corrected chi connectivity index (χ3v) is 6.97. The van der Waals surface area contributed by atoms with Gasteiger partial charge in [0.15, 0.2) is 0 Å². The molecule has 9 heteroatoms. The molecule has 0 radical (unpaired) electrons. The van der Waals surface area contributed by atoms with Crippen LogP contribution in [0.5, 0.6) is 5.75 Å². The minimum atomic E-state index is -3.91. The van der Waals surface area contributed by atoms with E-state index in [9.17, 15) is 18.3 Å².